The van der Waals surface area contributed by atoms with Crippen LogP contribution in [0.1, 0.15) is 48.9 Å². The maximum Gasteiger partial charge on any atom is 0.236 e. The summed E-state index contributed by atoms with van der Waals surface area (Å²) in [5.74, 6) is 2.46. The lowest BCUT2D eigenvalue weighted by Gasteiger charge is -2.23. The minimum atomic E-state index is -0.400. The quantitative estimate of drug-likeness (QED) is 0.370. The fraction of sp³-hybridized carbons (Fsp3) is 0.464. The molecular weight excluding hydrogens is 442 g/mol. The minimum absolute atomic E-state index is 0.182. The van der Waals surface area contributed by atoms with E-state index in [9.17, 15) is 0 Å². The van der Waals surface area contributed by atoms with E-state index in [1.807, 2.05) is 19.9 Å². The van der Waals surface area contributed by atoms with Crippen molar-refractivity contribution in [3.05, 3.63) is 58.7 Å². The van der Waals surface area contributed by atoms with Crippen LogP contribution in [0.2, 0.25) is 0 Å². The fourth-order valence-corrected chi connectivity index (χ4v) is 4.29. The number of nitrogens with one attached hydrogen (secondary N) is 2. The topological polar surface area (TPSA) is 77.6 Å². The number of rotatable bonds is 11. The number of fused-ring (bicyclic) bond motifs is 1. The maximum absolute atomic E-state index is 6.17. The molecule has 35 heavy (non-hydrogen) atoms. The van der Waals surface area contributed by atoms with Crippen LogP contribution in [-0.2, 0) is 11.2 Å². The summed E-state index contributed by atoms with van der Waals surface area (Å²) < 4.78 is 22.6. The summed E-state index contributed by atoms with van der Waals surface area (Å²) in [6.07, 6.45) is 0.907. The SMILES string of the molecule is COC(C)(C)COc1n[nH]c(-c2cc(C)cc(C)c2)c1[C@H](C)CNCCc1ccc2c(c1)OCO2. The van der Waals surface area contributed by atoms with Crippen molar-refractivity contribution in [1.29, 1.82) is 0 Å². The second-order valence-corrected chi connectivity index (χ2v) is 9.99. The van der Waals surface area contributed by atoms with Crippen molar-refractivity contribution in [2.24, 2.45) is 0 Å². The normalized spacial score (nSPS) is 13.8. The lowest BCUT2D eigenvalue weighted by atomic mass is 9.95. The van der Waals surface area contributed by atoms with E-state index in [4.69, 9.17) is 18.9 Å². The van der Waals surface area contributed by atoms with Crippen molar-refractivity contribution >= 4 is 0 Å². The lowest BCUT2D eigenvalue weighted by molar-refractivity contribution is -0.0160. The molecule has 2 heterocycles. The molecule has 0 bridgehead atoms. The fourth-order valence-electron chi connectivity index (χ4n) is 4.29. The molecule has 1 aliphatic rings. The van der Waals surface area contributed by atoms with Gasteiger partial charge in [0.25, 0.3) is 0 Å². The number of aromatic nitrogens is 2. The van der Waals surface area contributed by atoms with Gasteiger partial charge in [0.1, 0.15) is 6.61 Å². The van der Waals surface area contributed by atoms with E-state index in [0.717, 1.165) is 47.8 Å². The van der Waals surface area contributed by atoms with Crippen LogP contribution < -0.4 is 19.5 Å². The molecule has 1 aromatic heterocycles. The van der Waals surface area contributed by atoms with Gasteiger partial charge in [0.05, 0.1) is 11.3 Å². The second kappa shape index (κ2) is 10.7. The first-order chi connectivity index (χ1) is 16.8. The summed E-state index contributed by atoms with van der Waals surface area (Å²) in [5.41, 5.74) is 6.47. The minimum Gasteiger partial charge on any atom is -0.473 e. The molecule has 7 heteroatoms. The third-order valence-corrected chi connectivity index (χ3v) is 6.36. The van der Waals surface area contributed by atoms with Crippen molar-refractivity contribution in [2.75, 3.05) is 33.6 Å². The van der Waals surface area contributed by atoms with Gasteiger partial charge in [0, 0.05) is 30.7 Å². The maximum atomic E-state index is 6.17. The largest absolute Gasteiger partial charge is 0.473 e. The Balaban J connectivity index is 1.47. The molecule has 7 nitrogen and oxygen atoms in total. The van der Waals surface area contributed by atoms with Crippen molar-refractivity contribution in [3.8, 4) is 28.6 Å². The molecular formula is C28H37N3O4. The summed E-state index contributed by atoms with van der Waals surface area (Å²) in [5, 5.41) is 11.4. The van der Waals surface area contributed by atoms with Crippen molar-refractivity contribution in [2.45, 2.75) is 52.6 Å². The Hall–Kier alpha value is -3.03. The average molecular weight is 480 g/mol. The van der Waals surface area contributed by atoms with Gasteiger partial charge in [-0.1, -0.05) is 30.2 Å². The average Bonchev–Trinajstić information content (AvgIpc) is 3.46. The standard InChI is InChI=1S/C28H37N3O4/c1-18-11-19(2)13-22(12-18)26-25(27(31-30-26)33-16-28(4,5)32-6)20(3)15-29-10-9-21-7-8-23-24(14-21)35-17-34-23/h7-8,11-14,20,29H,9-10,15-17H2,1-6H3,(H,30,31)/t20-/m1/s1. The van der Waals surface area contributed by atoms with Crippen LogP contribution in [0.4, 0.5) is 0 Å². The van der Waals surface area contributed by atoms with Gasteiger partial charge in [0.15, 0.2) is 11.5 Å². The molecule has 0 fully saturated rings. The zero-order valence-corrected chi connectivity index (χ0v) is 21.7. The molecule has 0 radical (unpaired) electrons. The van der Waals surface area contributed by atoms with Crippen LogP contribution in [0, 0.1) is 13.8 Å². The molecule has 188 valence electrons. The predicted octanol–water partition coefficient (Wildman–Crippen LogP) is 5.16. The summed E-state index contributed by atoms with van der Waals surface area (Å²) in [6.45, 7) is 12.8. The number of H-pyrrole nitrogens is 1. The molecule has 0 saturated heterocycles. The summed E-state index contributed by atoms with van der Waals surface area (Å²) >= 11 is 0. The Morgan fingerprint density at radius 2 is 1.83 bits per heavy atom. The molecule has 1 aliphatic heterocycles. The van der Waals surface area contributed by atoms with Crippen LogP contribution in [0.3, 0.4) is 0 Å². The highest BCUT2D eigenvalue weighted by Crippen LogP contribution is 2.36. The number of hydrogen-bond acceptors (Lipinski definition) is 6. The van der Waals surface area contributed by atoms with Gasteiger partial charge in [-0.05, 0) is 70.5 Å². The third kappa shape index (κ3) is 6.16. The Labute approximate surface area is 208 Å². The molecule has 1 atom stereocenters. The van der Waals surface area contributed by atoms with Gasteiger partial charge in [-0.15, -0.1) is 5.10 Å². The second-order valence-electron chi connectivity index (χ2n) is 9.99. The number of methoxy groups -OCH3 is 1. The van der Waals surface area contributed by atoms with Gasteiger partial charge in [-0.3, -0.25) is 5.10 Å². The summed E-state index contributed by atoms with van der Waals surface area (Å²) in [4.78, 5) is 0. The van der Waals surface area contributed by atoms with Gasteiger partial charge < -0.3 is 24.3 Å². The smallest absolute Gasteiger partial charge is 0.236 e. The van der Waals surface area contributed by atoms with Gasteiger partial charge in [-0.2, -0.15) is 0 Å². The Morgan fingerprint density at radius 1 is 1.09 bits per heavy atom. The number of nitrogens with zero attached hydrogens (tertiary/aromatic N) is 1. The van der Waals surface area contributed by atoms with Crippen molar-refractivity contribution < 1.29 is 18.9 Å². The van der Waals surface area contributed by atoms with Gasteiger partial charge in [0.2, 0.25) is 12.7 Å². The molecule has 0 unspecified atom stereocenters. The summed E-state index contributed by atoms with van der Waals surface area (Å²) in [6, 6.07) is 12.7. The number of aryl methyl sites for hydroxylation is 2. The van der Waals surface area contributed by atoms with Crippen LogP contribution in [-0.4, -0.2) is 49.4 Å². The van der Waals surface area contributed by atoms with E-state index in [1.54, 1.807) is 7.11 Å². The highest BCUT2D eigenvalue weighted by molar-refractivity contribution is 5.67. The van der Waals surface area contributed by atoms with E-state index in [-0.39, 0.29) is 5.92 Å². The summed E-state index contributed by atoms with van der Waals surface area (Å²) in [7, 11) is 1.70. The predicted molar refractivity (Wildman–Crippen MR) is 138 cm³/mol. The van der Waals surface area contributed by atoms with Crippen molar-refractivity contribution in [1.82, 2.24) is 15.5 Å². The number of benzene rings is 2. The van der Waals surface area contributed by atoms with Crippen LogP contribution in [0.5, 0.6) is 17.4 Å². The zero-order valence-electron chi connectivity index (χ0n) is 21.7. The lowest BCUT2D eigenvalue weighted by Crippen LogP contribution is -2.31. The zero-order chi connectivity index (χ0) is 25.0. The number of hydrogen-bond donors (Lipinski definition) is 2. The highest BCUT2D eigenvalue weighted by atomic mass is 16.7. The monoisotopic (exact) mass is 479 g/mol. The van der Waals surface area contributed by atoms with Crippen LogP contribution in [0.15, 0.2) is 36.4 Å². The molecule has 0 amide bonds. The van der Waals surface area contributed by atoms with E-state index >= 15 is 0 Å². The Morgan fingerprint density at radius 3 is 2.57 bits per heavy atom. The van der Waals surface area contributed by atoms with Gasteiger partial charge >= 0.3 is 0 Å². The molecule has 0 aliphatic carbocycles. The Bertz CT molecular complexity index is 1130. The number of aromatic amines is 1. The van der Waals surface area contributed by atoms with E-state index < -0.39 is 5.60 Å². The Kier molecular flexibility index (Phi) is 7.67. The first kappa shape index (κ1) is 25.1. The molecule has 0 spiro atoms. The van der Waals surface area contributed by atoms with Gasteiger partial charge in [-0.25, -0.2) is 0 Å². The first-order valence-electron chi connectivity index (χ1n) is 12.2. The first-order valence-corrected chi connectivity index (χ1v) is 12.2. The van der Waals surface area contributed by atoms with Crippen molar-refractivity contribution in [3.63, 3.8) is 0 Å². The molecule has 2 aromatic carbocycles. The molecule has 4 rings (SSSR count). The molecule has 0 saturated carbocycles. The molecule has 3 aromatic rings. The number of ether oxygens (including phenoxy) is 4. The highest BCUT2D eigenvalue weighted by Gasteiger charge is 2.25. The van der Waals surface area contributed by atoms with E-state index in [1.165, 1.54) is 16.7 Å². The molecule has 2 N–H and O–H groups in total. The van der Waals surface area contributed by atoms with Crippen LogP contribution >= 0.6 is 0 Å². The van der Waals surface area contributed by atoms with Crippen LogP contribution in [0.25, 0.3) is 11.3 Å². The van der Waals surface area contributed by atoms with E-state index in [0.29, 0.717) is 19.3 Å². The van der Waals surface area contributed by atoms with E-state index in [2.05, 4.69) is 66.6 Å². The third-order valence-electron chi connectivity index (χ3n) is 6.36.